The van der Waals surface area contributed by atoms with Crippen LogP contribution >= 0.6 is 0 Å². The summed E-state index contributed by atoms with van der Waals surface area (Å²) in [5.41, 5.74) is 4.19. The Kier molecular flexibility index (Phi) is 5.94. The van der Waals surface area contributed by atoms with Crippen molar-refractivity contribution < 1.29 is 5.11 Å². The van der Waals surface area contributed by atoms with E-state index >= 15 is 0 Å². The second-order valence-electron chi connectivity index (χ2n) is 7.78. The number of anilines is 2. The first-order chi connectivity index (χ1) is 14.2. The molecule has 0 bridgehead atoms. The maximum atomic E-state index is 9.51. The maximum Gasteiger partial charge on any atom is 0.162 e. The minimum Gasteiger partial charge on any atom is -0.396 e. The SMILES string of the molecule is CCc1cnn2c(NCc3ccc(C)nc3)cc(N3CCCC[C@H]3CCO)nc12. The molecule has 0 saturated carbocycles. The molecule has 154 valence electrons. The van der Waals surface area contributed by atoms with E-state index in [1.165, 1.54) is 6.42 Å². The van der Waals surface area contributed by atoms with E-state index in [1.54, 1.807) is 0 Å². The fourth-order valence-electron chi connectivity index (χ4n) is 4.06. The van der Waals surface area contributed by atoms with Crippen molar-refractivity contribution in [3.05, 3.63) is 47.4 Å². The second kappa shape index (κ2) is 8.78. The highest BCUT2D eigenvalue weighted by Gasteiger charge is 2.24. The van der Waals surface area contributed by atoms with Crippen molar-refractivity contribution in [1.29, 1.82) is 0 Å². The van der Waals surface area contributed by atoms with Gasteiger partial charge in [-0.2, -0.15) is 9.61 Å². The molecule has 1 saturated heterocycles. The van der Waals surface area contributed by atoms with Crippen LogP contribution in [0.4, 0.5) is 11.6 Å². The third-order valence-electron chi connectivity index (χ3n) is 5.74. The summed E-state index contributed by atoms with van der Waals surface area (Å²) in [6, 6.07) is 6.56. The van der Waals surface area contributed by atoms with Crippen LogP contribution in [0.5, 0.6) is 0 Å². The highest BCUT2D eigenvalue weighted by Crippen LogP contribution is 2.29. The van der Waals surface area contributed by atoms with Gasteiger partial charge in [-0.15, -0.1) is 0 Å². The molecule has 0 spiro atoms. The van der Waals surface area contributed by atoms with E-state index in [9.17, 15) is 5.11 Å². The van der Waals surface area contributed by atoms with Gasteiger partial charge in [0.15, 0.2) is 5.65 Å². The lowest BCUT2D eigenvalue weighted by molar-refractivity contribution is 0.262. The van der Waals surface area contributed by atoms with E-state index in [0.717, 1.165) is 66.3 Å². The van der Waals surface area contributed by atoms with Gasteiger partial charge in [0.05, 0.1) is 6.20 Å². The molecule has 1 aliphatic rings. The molecule has 4 heterocycles. The number of rotatable bonds is 7. The molecule has 0 amide bonds. The minimum atomic E-state index is 0.210. The molecule has 0 aliphatic carbocycles. The van der Waals surface area contributed by atoms with Crippen molar-refractivity contribution in [2.45, 2.75) is 58.5 Å². The third kappa shape index (κ3) is 4.19. The van der Waals surface area contributed by atoms with E-state index in [-0.39, 0.29) is 6.61 Å². The van der Waals surface area contributed by atoms with Crippen LogP contribution < -0.4 is 10.2 Å². The zero-order valence-corrected chi connectivity index (χ0v) is 17.3. The predicted molar refractivity (Wildman–Crippen MR) is 115 cm³/mol. The van der Waals surface area contributed by atoms with Crippen molar-refractivity contribution in [2.24, 2.45) is 0 Å². The van der Waals surface area contributed by atoms with Gasteiger partial charge in [-0.05, 0) is 50.7 Å². The summed E-state index contributed by atoms with van der Waals surface area (Å²) in [4.78, 5) is 11.7. The number of aromatic nitrogens is 4. The number of aliphatic hydroxyl groups excluding tert-OH is 1. The number of aliphatic hydroxyl groups is 1. The molecule has 0 aromatic carbocycles. The molecule has 1 fully saturated rings. The van der Waals surface area contributed by atoms with Gasteiger partial charge in [0.1, 0.15) is 11.6 Å². The molecule has 0 unspecified atom stereocenters. The molecule has 7 nitrogen and oxygen atoms in total. The molecule has 7 heteroatoms. The third-order valence-corrected chi connectivity index (χ3v) is 5.74. The highest BCUT2D eigenvalue weighted by molar-refractivity contribution is 5.61. The summed E-state index contributed by atoms with van der Waals surface area (Å²) < 4.78 is 1.90. The number of fused-ring (bicyclic) bond motifs is 1. The first kappa shape index (κ1) is 19.6. The van der Waals surface area contributed by atoms with Crippen molar-refractivity contribution in [1.82, 2.24) is 19.6 Å². The Morgan fingerprint density at radius 3 is 2.90 bits per heavy atom. The van der Waals surface area contributed by atoms with Crippen molar-refractivity contribution in [3.63, 3.8) is 0 Å². The Labute approximate surface area is 171 Å². The maximum absolute atomic E-state index is 9.51. The van der Waals surface area contributed by atoms with Crippen molar-refractivity contribution in [3.8, 4) is 0 Å². The normalized spacial score (nSPS) is 17.1. The minimum absolute atomic E-state index is 0.210. The molecular formula is C22H30N6O. The van der Waals surface area contributed by atoms with E-state index in [1.807, 2.05) is 29.9 Å². The second-order valence-corrected chi connectivity index (χ2v) is 7.78. The Morgan fingerprint density at radius 1 is 1.24 bits per heavy atom. The van der Waals surface area contributed by atoms with Crippen molar-refractivity contribution in [2.75, 3.05) is 23.4 Å². The first-order valence-electron chi connectivity index (χ1n) is 10.6. The van der Waals surface area contributed by atoms with Gasteiger partial charge in [0.2, 0.25) is 0 Å². The molecule has 0 radical (unpaired) electrons. The van der Waals surface area contributed by atoms with Crippen LogP contribution in [0, 0.1) is 6.92 Å². The molecule has 4 rings (SSSR count). The lowest BCUT2D eigenvalue weighted by Gasteiger charge is -2.36. The number of pyridine rings is 1. The number of hydrogen-bond donors (Lipinski definition) is 2. The van der Waals surface area contributed by atoms with Gasteiger partial charge in [0, 0.05) is 49.3 Å². The van der Waals surface area contributed by atoms with Crippen LogP contribution in [-0.4, -0.2) is 43.9 Å². The van der Waals surface area contributed by atoms with E-state index in [2.05, 4.69) is 39.4 Å². The summed E-state index contributed by atoms with van der Waals surface area (Å²) in [6.45, 7) is 5.99. The van der Waals surface area contributed by atoms with Gasteiger partial charge in [0.25, 0.3) is 0 Å². The monoisotopic (exact) mass is 394 g/mol. The van der Waals surface area contributed by atoms with Crippen LogP contribution in [-0.2, 0) is 13.0 Å². The number of aryl methyl sites for hydroxylation is 2. The molecule has 1 atom stereocenters. The van der Waals surface area contributed by atoms with Gasteiger partial charge < -0.3 is 15.3 Å². The van der Waals surface area contributed by atoms with Gasteiger partial charge in [-0.3, -0.25) is 4.98 Å². The summed E-state index contributed by atoms with van der Waals surface area (Å²) >= 11 is 0. The Hall–Kier alpha value is -2.67. The lowest BCUT2D eigenvalue weighted by atomic mass is 9.99. The van der Waals surface area contributed by atoms with Gasteiger partial charge in [-0.1, -0.05) is 13.0 Å². The number of hydrogen-bond acceptors (Lipinski definition) is 6. The Balaban J connectivity index is 1.68. The largest absolute Gasteiger partial charge is 0.396 e. The molecule has 3 aromatic heterocycles. The van der Waals surface area contributed by atoms with Crippen LogP contribution in [0.2, 0.25) is 0 Å². The highest BCUT2D eigenvalue weighted by atomic mass is 16.3. The van der Waals surface area contributed by atoms with E-state index < -0.39 is 0 Å². The van der Waals surface area contributed by atoms with Crippen molar-refractivity contribution >= 4 is 17.3 Å². The predicted octanol–water partition coefficient (Wildman–Crippen LogP) is 3.35. The number of piperidine rings is 1. The Morgan fingerprint density at radius 2 is 2.14 bits per heavy atom. The molecule has 2 N–H and O–H groups in total. The standard InChI is InChI=1S/C22H30N6O/c1-3-18-15-25-28-20(24-14-17-8-7-16(2)23-13-17)12-21(26-22(18)28)27-10-5-4-6-19(27)9-11-29/h7-8,12-13,15,19,24,29H,3-6,9-11,14H2,1-2H3/t19-/m0/s1. The molecule has 29 heavy (non-hydrogen) atoms. The lowest BCUT2D eigenvalue weighted by Crippen LogP contribution is -2.40. The zero-order chi connectivity index (χ0) is 20.2. The summed E-state index contributed by atoms with van der Waals surface area (Å²) in [5, 5.41) is 17.6. The first-order valence-corrected chi connectivity index (χ1v) is 10.6. The molecule has 1 aliphatic heterocycles. The average Bonchev–Trinajstić information content (AvgIpc) is 3.17. The fraction of sp³-hybridized carbons (Fsp3) is 0.500. The average molecular weight is 395 g/mol. The van der Waals surface area contributed by atoms with Crippen LogP contribution in [0.15, 0.2) is 30.6 Å². The summed E-state index contributed by atoms with van der Waals surface area (Å²) in [7, 11) is 0. The van der Waals surface area contributed by atoms with Gasteiger partial charge >= 0.3 is 0 Å². The van der Waals surface area contributed by atoms with Crippen LogP contribution in [0.25, 0.3) is 5.65 Å². The van der Waals surface area contributed by atoms with Crippen LogP contribution in [0.3, 0.4) is 0 Å². The van der Waals surface area contributed by atoms with E-state index in [4.69, 9.17) is 4.98 Å². The van der Waals surface area contributed by atoms with Gasteiger partial charge in [-0.25, -0.2) is 4.98 Å². The fourth-order valence-corrected chi connectivity index (χ4v) is 4.06. The Bertz CT molecular complexity index is 950. The summed E-state index contributed by atoms with van der Waals surface area (Å²) in [6.07, 6.45) is 8.96. The quantitative estimate of drug-likeness (QED) is 0.640. The number of nitrogens with one attached hydrogen (secondary N) is 1. The topological polar surface area (TPSA) is 78.6 Å². The summed E-state index contributed by atoms with van der Waals surface area (Å²) in [5.74, 6) is 1.90. The smallest absolute Gasteiger partial charge is 0.162 e. The number of nitrogens with zero attached hydrogens (tertiary/aromatic N) is 5. The zero-order valence-electron chi connectivity index (χ0n) is 17.3. The van der Waals surface area contributed by atoms with E-state index in [0.29, 0.717) is 12.6 Å². The molecular weight excluding hydrogens is 364 g/mol. The molecule has 3 aromatic rings. The van der Waals surface area contributed by atoms with Crippen LogP contribution in [0.1, 0.15) is 49.4 Å².